The molecule has 0 aromatic carbocycles. The summed E-state index contributed by atoms with van der Waals surface area (Å²) >= 11 is 0. The summed E-state index contributed by atoms with van der Waals surface area (Å²) in [4.78, 5) is 8.67. The molecule has 2 aromatic rings. The summed E-state index contributed by atoms with van der Waals surface area (Å²) in [5, 5.41) is 0. The van der Waals surface area contributed by atoms with Gasteiger partial charge in [-0.3, -0.25) is 0 Å². The van der Waals surface area contributed by atoms with Gasteiger partial charge in [0.15, 0.2) is 0 Å². The number of rotatable bonds is 8. The van der Waals surface area contributed by atoms with E-state index in [1.807, 2.05) is 24.3 Å². The number of aromatic nitrogens is 2. The fourth-order valence-corrected chi connectivity index (χ4v) is 3.92. The smallest absolute Gasteiger partial charge is 0.527 e. The lowest BCUT2D eigenvalue weighted by atomic mass is 9.98. The minimum atomic E-state index is 0.0923. The third kappa shape index (κ3) is 6.27. The number of pyridine rings is 2. The van der Waals surface area contributed by atoms with Crippen LogP contribution in [0.15, 0.2) is 36.7 Å². The highest BCUT2D eigenvalue weighted by Gasteiger charge is 2.16. The molecule has 6 nitrogen and oxygen atoms in total. The van der Waals surface area contributed by atoms with Gasteiger partial charge in [0, 0.05) is 12.1 Å². The molecule has 0 atom stereocenters. The molecule has 154 valence electrons. The first-order chi connectivity index (χ1) is 14.3. The first-order valence-corrected chi connectivity index (χ1v) is 10.9. The Morgan fingerprint density at radius 2 is 1.07 bits per heavy atom. The van der Waals surface area contributed by atoms with Gasteiger partial charge >= 0.3 is 7.69 Å². The zero-order valence-electron chi connectivity index (χ0n) is 16.9. The molecule has 4 rings (SSSR count). The van der Waals surface area contributed by atoms with E-state index in [4.69, 9.17) is 18.8 Å². The summed E-state index contributed by atoms with van der Waals surface area (Å²) in [6.07, 6.45) is 16.0. The van der Waals surface area contributed by atoms with Crippen LogP contribution in [-0.4, -0.2) is 29.9 Å². The van der Waals surface area contributed by atoms with E-state index in [1.54, 1.807) is 12.4 Å². The summed E-state index contributed by atoms with van der Waals surface area (Å²) in [6, 6.07) is 7.41. The lowest BCUT2D eigenvalue weighted by Crippen LogP contribution is -2.20. The maximum Gasteiger partial charge on any atom is 0.576 e. The first kappa shape index (κ1) is 19.9. The van der Waals surface area contributed by atoms with Crippen LogP contribution in [0.3, 0.4) is 0 Å². The maximum atomic E-state index is 5.93. The van der Waals surface area contributed by atoms with Crippen LogP contribution in [0.5, 0.6) is 23.3 Å². The Kier molecular flexibility index (Phi) is 7.10. The van der Waals surface area contributed by atoms with E-state index in [-0.39, 0.29) is 7.69 Å². The molecule has 0 N–H and O–H groups in total. The van der Waals surface area contributed by atoms with E-state index in [9.17, 15) is 0 Å². The van der Waals surface area contributed by atoms with Crippen molar-refractivity contribution in [1.29, 1.82) is 0 Å². The number of ether oxygens (including phenoxy) is 2. The van der Waals surface area contributed by atoms with Gasteiger partial charge in [-0.2, -0.15) is 0 Å². The van der Waals surface area contributed by atoms with Crippen molar-refractivity contribution >= 4 is 7.69 Å². The highest BCUT2D eigenvalue weighted by Crippen LogP contribution is 2.24. The fraction of sp³-hybridized carbons (Fsp3) is 0.545. The van der Waals surface area contributed by atoms with Crippen LogP contribution in [-0.2, 0) is 0 Å². The van der Waals surface area contributed by atoms with Crippen molar-refractivity contribution in [1.82, 2.24) is 9.97 Å². The Bertz CT molecular complexity index is 666. The van der Waals surface area contributed by atoms with Gasteiger partial charge in [-0.25, -0.2) is 9.97 Å². The third-order valence-electron chi connectivity index (χ3n) is 5.55. The third-order valence-corrected chi connectivity index (χ3v) is 5.55. The number of hydrogen-bond acceptors (Lipinski definition) is 6. The summed E-state index contributed by atoms with van der Waals surface area (Å²) in [5.41, 5.74) is 0. The average molecular weight is 396 g/mol. The molecule has 2 aliphatic rings. The van der Waals surface area contributed by atoms with Crippen LogP contribution in [0, 0.1) is 0 Å². The topological polar surface area (TPSA) is 62.7 Å². The monoisotopic (exact) mass is 396 g/mol. The lowest BCUT2D eigenvalue weighted by molar-refractivity contribution is 0.148. The van der Waals surface area contributed by atoms with Gasteiger partial charge in [-0.1, -0.05) is 12.8 Å². The van der Waals surface area contributed by atoms with Crippen molar-refractivity contribution in [3.63, 3.8) is 0 Å². The summed E-state index contributed by atoms with van der Waals surface area (Å²) in [7, 11) is 0.0923. The molecule has 2 saturated carbocycles. The molecule has 2 fully saturated rings. The Balaban J connectivity index is 1.18. The summed E-state index contributed by atoms with van der Waals surface area (Å²) in [5.74, 6) is 2.60. The number of nitrogens with zero attached hydrogens (tertiary/aromatic N) is 2. The van der Waals surface area contributed by atoms with Crippen LogP contribution >= 0.6 is 0 Å². The normalized spacial score (nSPS) is 18.1. The van der Waals surface area contributed by atoms with Gasteiger partial charge in [0.1, 0.15) is 23.7 Å². The second-order valence-corrected chi connectivity index (χ2v) is 7.83. The Morgan fingerprint density at radius 3 is 1.45 bits per heavy atom. The van der Waals surface area contributed by atoms with E-state index >= 15 is 0 Å². The quantitative estimate of drug-likeness (QED) is 0.607. The second-order valence-electron chi connectivity index (χ2n) is 7.83. The van der Waals surface area contributed by atoms with Crippen LogP contribution in [0.4, 0.5) is 0 Å². The van der Waals surface area contributed by atoms with Crippen LogP contribution in [0.25, 0.3) is 0 Å². The molecule has 0 radical (unpaired) electrons. The Labute approximate surface area is 173 Å². The van der Waals surface area contributed by atoms with Gasteiger partial charge in [-0.15, -0.1) is 0 Å². The van der Waals surface area contributed by atoms with E-state index in [2.05, 4.69) is 9.97 Å². The lowest BCUT2D eigenvalue weighted by Gasteiger charge is -2.22. The Morgan fingerprint density at radius 1 is 0.621 bits per heavy atom. The molecular weight excluding hydrogens is 367 g/mol. The minimum Gasteiger partial charge on any atom is -0.527 e. The first-order valence-electron chi connectivity index (χ1n) is 10.9. The molecule has 0 spiro atoms. The van der Waals surface area contributed by atoms with Gasteiger partial charge in [0.2, 0.25) is 11.8 Å². The van der Waals surface area contributed by atoms with Gasteiger partial charge in [0.25, 0.3) is 0 Å². The standard InChI is InChI=1S/C22H29BN2O4/c1-3-7-17(8-4-1)26-21-13-11-19(15-24-21)28-23-29-20-12-14-22(25-16-20)27-18-9-5-2-6-10-18/h11-18,23H,1-10H2. The van der Waals surface area contributed by atoms with Crippen LogP contribution in [0.2, 0.25) is 0 Å². The zero-order valence-corrected chi connectivity index (χ0v) is 16.9. The van der Waals surface area contributed by atoms with Gasteiger partial charge in [-0.05, 0) is 63.5 Å². The average Bonchev–Trinajstić information content (AvgIpc) is 2.78. The largest absolute Gasteiger partial charge is 0.576 e. The van der Waals surface area contributed by atoms with Crippen molar-refractivity contribution in [3.05, 3.63) is 36.7 Å². The summed E-state index contributed by atoms with van der Waals surface area (Å²) < 4.78 is 23.1. The molecule has 0 aliphatic heterocycles. The molecule has 29 heavy (non-hydrogen) atoms. The molecule has 0 saturated heterocycles. The molecule has 0 bridgehead atoms. The highest BCUT2D eigenvalue weighted by atomic mass is 16.6. The van der Waals surface area contributed by atoms with Crippen molar-refractivity contribution in [2.45, 2.75) is 76.4 Å². The second kappa shape index (κ2) is 10.4. The Hall–Kier alpha value is -2.44. The van der Waals surface area contributed by atoms with E-state index < -0.39 is 0 Å². The van der Waals surface area contributed by atoms with Crippen molar-refractivity contribution in [3.8, 4) is 23.3 Å². The van der Waals surface area contributed by atoms with Crippen molar-refractivity contribution < 1.29 is 18.8 Å². The molecule has 2 aromatic heterocycles. The van der Waals surface area contributed by atoms with Crippen molar-refractivity contribution in [2.75, 3.05) is 0 Å². The SMILES string of the molecule is B(Oc1ccc(OC2CCCCC2)nc1)Oc1ccc(OC2CCCCC2)nc1. The maximum absolute atomic E-state index is 5.93. The predicted octanol–water partition coefficient (Wildman–Crippen LogP) is 4.62. The molecule has 2 heterocycles. The number of hydrogen-bond donors (Lipinski definition) is 0. The molecule has 0 amide bonds. The van der Waals surface area contributed by atoms with Gasteiger partial charge in [0.05, 0.1) is 12.4 Å². The predicted molar refractivity (Wildman–Crippen MR) is 112 cm³/mol. The van der Waals surface area contributed by atoms with Gasteiger partial charge < -0.3 is 18.8 Å². The van der Waals surface area contributed by atoms with E-state index in [0.29, 0.717) is 35.5 Å². The fourth-order valence-electron chi connectivity index (χ4n) is 3.92. The molecule has 7 heteroatoms. The van der Waals surface area contributed by atoms with Crippen LogP contribution in [0.1, 0.15) is 64.2 Å². The molecule has 2 aliphatic carbocycles. The highest BCUT2D eigenvalue weighted by molar-refractivity contribution is 6.20. The van der Waals surface area contributed by atoms with E-state index in [1.165, 1.54) is 38.5 Å². The molecule has 0 unspecified atom stereocenters. The minimum absolute atomic E-state index is 0.0923. The van der Waals surface area contributed by atoms with E-state index in [0.717, 1.165) is 25.7 Å². The molecular formula is C22H29BN2O4. The van der Waals surface area contributed by atoms with Crippen LogP contribution < -0.4 is 18.8 Å². The zero-order chi connectivity index (χ0) is 19.7. The van der Waals surface area contributed by atoms with Crippen molar-refractivity contribution in [2.24, 2.45) is 0 Å². The summed E-state index contributed by atoms with van der Waals surface area (Å²) in [6.45, 7) is 0.